The second-order valence-corrected chi connectivity index (χ2v) is 5.89. The molecule has 0 saturated carbocycles. The normalized spacial score (nSPS) is 12.5. The fourth-order valence-corrected chi connectivity index (χ4v) is 1.28. The van der Waals surface area contributed by atoms with Gasteiger partial charge in [-0.1, -0.05) is 16.2 Å². The van der Waals surface area contributed by atoms with Gasteiger partial charge in [0.2, 0.25) is 0 Å². The van der Waals surface area contributed by atoms with Crippen molar-refractivity contribution in [3.8, 4) is 11.8 Å². The molecule has 8 heteroatoms. The third-order valence-electron chi connectivity index (χ3n) is 1.42. The summed E-state index contributed by atoms with van der Waals surface area (Å²) in [5.74, 6) is 4.24. The Morgan fingerprint density at radius 3 is 2.22 bits per heavy atom. The molecule has 0 saturated heterocycles. The predicted octanol–water partition coefficient (Wildman–Crippen LogP) is -0.0522. The molecule has 0 aliphatic carbocycles. The van der Waals surface area contributed by atoms with E-state index in [1.165, 1.54) is 27.7 Å². The Morgan fingerprint density at radius 1 is 1.22 bits per heavy atom. The van der Waals surface area contributed by atoms with Crippen LogP contribution in [0.3, 0.4) is 0 Å². The number of hydrogen-bond acceptors (Lipinski definition) is 7. The molecule has 0 aromatic heterocycles. The Labute approximate surface area is 106 Å². The molecule has 0 amide bonds. The van der Waals surface area contributed by atoms with E-state index in [9.17, 15) is 18.3 Å². The van der Waals surface area contributed by atoms with Crippen molar-refractivity contribution in [1.82, 2.24) is 0 Å². The van der Waals surface area contributed by atoms with E-state index in [-0.39, 0.29) is 6.47 Å². The Balaban J connectivity index is 4.51. The third-order valence-corrected chi connectivity index (χ3v) is 2.11. The number of rotatable bonds is 6. The van der Waals surface area contributed by atoms with E-state index in [1.54, 1.807) is 0 Å². The monoisotopic (exact) mass is 280 g/mol. The molecule has 7 nitrogen and oxygen atoms in total. The summed E-state index contributed by atoms with van der Waals surface area (Å²) in [5.41, 5.74) is -2.33. The van der Waals surface area contributed by atoms with Crippen LogP contribution < -0.4 is 0 Å². The number of aliphatic hydroxyl groups is 1. The maximum Gasteiger partial charge on any atom is 0.332 e. The molecule has 0 aromatic rings. The van der Waals surface area contributed by atoms with Crippen LogP contribution in [0.2, 0.25) is 0 Å². The van der Waals surface area contributed by atoms with Gasteiger partial charge < -0.3 is 9.84 Å². The molecule has 0 radical (unpaired) electrons. The van der Waals surface area contributed by atoms with Crippen LogP contribution in [0.15, 0.2) is 0 Å². The van der Waals surface area contributed by atoms with E-state index in [2.05, 4.69) is 21.1 Å². The van der Waals surface area contributed by atoms with Crippen molar-refractivity contribution >= 4 is 16.6 Å². The van der Waals surface area contributed by atoms with Crippen LogP contribution in [0.5, 0.6) is 0 Å². The summed E-state index contributed by atoms with van der Waals surface area (Å²) in [6, 6.07) is 0. The quantitative estimate of drug-likeness (QED) is 0.315. The average molecular weight is 280 g/mol. The van der Waals surface area contributed by atoms with E-state index < -0.39 is 27.3 Å². The van der Waals surface area contributed by atoms with Crippen LogP contribution in [0.4, 0.5) is 0 Å². The van der Waals surface area contributed by atoms with Crippen LogP contribution >= 0.6 is 0 Å². The zero-order chi connectivity index (χ0) is 14.4. The topological polar surface area (TPSA) is 99.1 Å². The van der Waals surface area contributed by atoms with Gasteiger partial charge in [0.25, 0.3) is 0 Å². The van der Waals surface area contributed by atoms with Crippen LogP contribution in [-0.4, -0.2) is 37.1 Å². The minimum atomic E-state index is -4.14. The van der Waals surface area contributed by atoms with Gasteiger partial charge in [-0.2, -0.15) is 8.42 Å². The smallest absolute Gasteiger partial charge is 0.332 e. The predicted molar refractivity (Wildman–Crippen MR) is 61.3 cm³/mol. The summed E-state index contributed by atoms with van der Waals surface area (Å²) >= 11 is 0. The Hall–Kier alpha value is -1.14. The van der Waals surface area contributed by atoms with Gasteiger partial charge in [0.1, 0.15) is 11.2 Å². The van der Waals surface area contributed by atoms with Crippen molar-refractivity contribution in [2.75, 3.05) is 5.94 Å². The molecule has 0 aromatic carbocycles. The van der Waals surface area contributed by atoms with Crippen molar-refractivity contribution in [2.45, 2.75) is 38.9 Å². The van der Waals surface area contributed by atoms with Crippen molar-refractivity contribution in [3.05, 3.63) is 0 Å². The van der Waals surface area contributed by atoms with Crippen molar-refractivity contribution in [1.29, 1.82) is 0 Å². The van der Waals surface area contributed by atoms with E-state index in [1.807, 2.05) is 0 Å². The van der Waals surface area contributed by atoms with Crippen molar-refractivity contribution in [3.63, 3.8) is 0 Å². The van der Waals surface area contributed by atoms with Crippen molar-refractivity contribution in [2.24, 2.45) is 0 Å². The first-order valence-electron chi connectivity index (χ1n) is 4.89. The van der Waals surface area contributed by atoms with Gasteiger partial charge >= 0.3 is 16.6 Å². The lowest BCUT2D eigenvalue weighted by Crippen LogP contribution is -2.28. The fourth-order valence-electron chi connectivity index (χ4n) is 0.655. The zero-order valence-electron chi connectivity index (χ0n) is 10.6. The van der Waals surface area contributed by atoms with E-state index in [0.717, 1.165) is 0 Å². The Kier molecular flexibility index (Phi) is 5.76. The number of carbonyl (C=O) groups is 1. The first-order chi connectivity index (χ1) is 7.97. The summed E-state index contributed by atoms with van der Waals surface area (Å²) < 4.78 is 31.0. The van der Waals surface area contributed by atoms with E-state index in [4.69, 9.17) is 4.74 Å². The average Bonchev–Trinajstić information content (AvgIpc) is 2.21. The fraction of sp³-hybridized carbons (Fsp3) is 0.700. The van der Waals surface area contributed by atoms with E-state index >= 15 is 0 Å². The molecule has 0 aliphatic rings. The second kappa shape index (κ2) is 6.15. The lowest BCUT2D eigenvalue weighted by atomic mass is 10.1. The highest BCUT2D eigenvalue weighted by Crippen LogP contribution is 2.11. The van der Waals surface area contributed by atoms with E-state index in [0.29, 0.717) is 0 Å². The lowest BCUT2D eigenvalue weighted by molar-refractivity contribution is -0.194. The van der Waals surface area contributed by atoms with Gasteiger partial charge in [-0.3, -0.25) is 9.68 Å². The molecule has 18 heavy (non-hydrogen) atoms. The van der Waals surface area contributed by atoms with Crippen LogP contribution in [0, 0.1) is 11.8 Å². The SMILES string of the molecule is CC(C)(O)C#CC(C)(C)OCS(=O)(=O)OOC=O. The molecule has 0 rings (SSSR count). The van der Waals surface area contributed by atoms with Crippen LogP contribution in [-0.2, 0) is 28.9 Å². The van der Waals surface area contributed by atoms with Gasteiger partial charge in [0.15, 0.2) is 5.94 Å². The maximum absolute atomic E-state index is 11.1. The summed E-state index contributed by atoms with van der Waals surface area (Å²) in [5, 5.41) is 9.39. The van der Waals surface area contributed by atoms with Gasteiger partial charge in [-0.15, -0.1) is 0 Å². The van der Waals surface area contributed by atoms with Crippen molar-refractivity contribution < 1.29 is 32.3 Å². The third kappa shape index (κ3) is 8.95. The second-order valence-electron chi connectivity index (χ2n) is 4.40. The summed E-state index contributed by atoms with van der Waals surface area (Å²) in [4.78, 5) is 13.4. The van der Waals surface area contributed by atoms with Gasteiger partial charge in [-0.25, -0.2) is 0 Å². The zero-order valence-corrected chi connectivity index (χ0v) is 11.4. The van der Waals surface area contributed by atoms with Gasteiger partial charge in [0, 0.05) is 0 Å². The summed E-state index contributed by atoms with van der Waals surface area (Å²) in [6.45, 7) is 5.82. The van der Waals surface area contributed by atoms with Gasteiger partial charge in [0.05, 0.1) is 0 Å². The molecule has 0 atom stereocenters. The number of carbonyl (C=O) groups excluding carboxylic acids is 1. The minimum Gasteiger partial charge on any atom is -0.378 e. The molecular weight excluding hydrogens is 264 g/mol. The first-order valence-corrected chi connectivity index (χ1v) is 6.47. The van der Waals surface area contributed by atoms with Crippen LogP contribution in [0.1, 0.15) is 27.7 Å². The Morgan fingerprint density at radius 2 is 1.78 bits per heavy atom. The molecule has 104 valence electrons. The number of hydrogen-bond donors (Lipinski definition) is 1. The molecule has 0 bridgehead atoms. The summed E-state index contributed by atoms with van der Waals surface area (Å²) in [6.07, 6.45) is 0. The molecule has 1 N–H and O–H groups in total. The molecule has 0 unspecified atom stereocenters. The highest BCUT2D eigenvalue weighted by molar-refractivity contribution is 7.86. The first kappa shape index (κ1) is 16.9. The highest BCUT2D eigenvalue weighted by Gasteiger charge is 2.22. The molecule has 0 fully saturated rings. The largest absolute Gasteiger partial charge is 0.378 e. The maximum atomic E-state index is 11.1. The number of ether oxygens (including phenoxy) is 1. The standard InChI is InChI=1S/C10H16O7S/c1-9(2,12)5-6-10(3,4)15-8-18(13,14)17-16-7-11/h7,12H,8H2,1-4H3. The lowest BCUT2D eigenvalue weighted by Gasteiger charge is -2.19. The summed E-state index contributed by atoms with van der Waals surface area (Å²) in [7, 11) is -4.14. The molecule has 0 heterocycles. The van der Waals surface area contributed by atoms with Crippen LogP contribution in [0.25, 0.3) is 0 Å². The minimum absolute atomic E-state index is 0.170. The Bertz CT molecular complexity index is 433. The molecule has 0 spiro atoms. The molecule has 0 aliphatic heterocycles. The molecular formula is C10H16O7S. The highest BCUT2D eigenvalue weighted by atomic mass is 32.2. The van der Waals surface area contributed by atoms with Gasteiger partial charge in [-0.05, 0) is 27.7 Å².